The number of rotatable bonds is 5. The van der Waals surface area contributed by atoms with Crippen LogP contribution in [0.1, 0.15) is 41.0 Å². The Labute approximate surface area is 83.2 Å². The first-order valence-electron chi connectivity index (χ1n) is 5.16. The Morgan fingerprint density at radius 3 is 2.31 bits per heavy atom. The third kappa shape index (κ3) is 11.7. The molecule has 0 amide bonds. The summed E-state index contributed by atoms with van der Waals surface area (Å²) in [6, 6.07) is 0. The van der Waals surface area contributed by atoms with Crippen molar-refractivity contribution in [3.63, 3.8) is 0 Å². The fourth-order valence-corrected chi connectivity index (χ4v) is 0.857. The molecule has 0 bridgehead atoms. The molecule has 0 fully saturated rings. The fraction of sp³-hybridized carbons (Fsp3) is 0.833. The third-order valence-corrected chi connectivity index (χ3v) is 1.73. The standard InChI is InChI=1S/C12H24O/c1-11(2)7-6-9-13-10-8-12(3,4)5/h6-7,11H,8-10H2,1-5H3/b7-6-. The van der Waals surface area contributed by atoms with E-state index in [1.807, 2.05) is 0 Å². The lowest BCUT2D eigenvalue weighted by Gasteiger charge is -2.17. The highest BCUT2D eigenvalue weighted by molar-refractivity contribution is 4.84. The van der Waals surface area contributed by atoms with Crippen LogP contribution in [-0.2, 0) is 4.74 Å². The van der Waals surface area contributed by atoms with Crippen LogP contribution in [0.15, 0.2) is 12.2 Å². The summed E-state index contributed by atoms with van der Waals surface area (Å²) in [4.78, 5) is 0. The highest BCUT2D eigenvalue weighted by Crippen LogP contribution is 2.17. The summed E-state index contributed by atoms with van der Waals surface area (Å²) in [7, 11) is 0. The molecule has 0 heterocycles. The maximum absolute atomic E-state index is 5.47. The first kappa shape index (κ1) is 12.7. The maximum atomic E-state index is 5.47. The summed E-state index contributed by atoms with van der Waals surface area (Å²) in [6.45, 7) is 12.7. The molecule has 0 aromatic rings. The van der Waals surface area contributed by atoms with Crippen LogP contribution in [0.3, 0.4) is 0 Å². The van der Waals surface area contributed by atoms with Gasteiger partial charge in [0.15, 0.2) is 0 Å². The quantitative estimate of drug-likeness (QED) is 0.468. The van der Waals surface area contributed by atoms with Gasteiger partial charge in [0, 0.05) is 6.61 Å². The number of ether oxygens (including phenoxy) is 1. The Bertz CT molecular complexity index is 140. The summed E-state index contributed by atoms with van der Waals surface area (Å²) in [5.74, 6) is 0.631. The Balaban J connectivity index is 3.27. The molecule has 0 aromatic carbocycles. The van der Waals surface area contributed by atoms with Crippen molar-refractivity contribution in [3.05, 3.63) is 12.2 Å². The molecule has 0 radical (unpaired) electrons. The average molecular weight is 184 g/mol. The zero-order valence-corrected chi connectivity index (χ0v) is 9.76. The van der Waals surface area contributed by atoms with Crippen molar-refractivity contribution in [3.8, 4) is 0 Å². The van der Waals surface area contributed by atoms with Gasteiger partial charge in [-0.25, -0.2) is 0 Å². The Morgan fingerprint density at radius 2 is 1.85 bits per heavy atom. The molecular formula is C12H24O. The van der Waals surface area contributed by atoms with Gasteiger partial charge < -0.3 is 4.74 Å². The molecular weight excluding hydrogens is 160 g/mol. The van der Waals surface area contributed by atoms with Crippen LogP contribution in [0, 0.1) is 11.3 Å². The summed E-state index contributed by atoms with van der Waals surface area (Å²) >= 11 is 0. The minimum atomic E-state index is 0.391. The molecule has 0 saturated carbocycles. The predicted octanol–water partition coefficient (Wildman–Crippen LogP) is 3.65. The monoisotopic (exact) mass is 184 g/mol. The Kier molecular flexibility index (Phi) is 6.06. The van der Waals surface area contributed by atoms with E-state index in [-0.39, 0.29) is 0 Å². The van der Waals surface area contributed by atoms with Crippen molar-refractivity contribution in [2.24, 2.45) is 11.3 Å². The molecule has 0 spiro atoms. The first-order chi connectivity index (χ1) is 5.92. The molecule has 78 valence electrons. The lowest BCUT2D eigenvalue weighted by Crippen LogP contribution is -2.09. The van der Waals surface area contributed by atoms with E-state index in [1.165, 1.54) is 0 Å². The molecule has 0 unspecified atom stereocenters. The maximum Gasteiger partial charge on any atom is 0.0647 e. The molecule has 0 aliphatic carbocycles. The minimum Gasteiger partial charge on any atom is -0.377 e. The van der Waals surface area contributed by atoms with Crippen molar-refractivity contribution >= 4 is 0 Å². The van der Waals surface area contributed by atoms with Crippen LogP contribution in [0.4, 0.5) is 0 Å². The number of allylic oxidation sites excluding steroid dienone is 1. The first-order valence-corrected chi connectivity index (χ1v) is 5.16. The zero-order chi connectivity index (χ0) is 10.3. The van der Waals surface area contributed by atoms with Gasteiger partial charge in [0.05, 0.1) is 6.61 Å². The number of hydrogen-bond acceptors (Lipinski definition) is 1. The Morgan fingerprint density at radius 1 is 1.23 bits per heavy atom. The van der Waals surface area contributed by atoms with Gasteiger partial charge in [0.1, 0.15) is 0 Å². The van der Waals surface area contributed by atoms with Crippen LogP contribution >= 0.6 is 0 Å². The summed E-state index contributed by atoms with van der Waals surface area (Å²) in [5.41, 5.74) is 0.391. The topological polar surface area (TPSA) is 9.23 Å². The lowest BCUT2D eigenvalue weighted by atomic mass is 9.93. The normalized spacial score (nSPS) is 13.1. The van der Waals surface area contributed by atoms with Crippen molar-refractivity contribution in [1.82, 2.24) is 0 Å². The van der Waals surface area contributed by atoms with E-state index in [1.54, 1.807) is 0 Å². The average Bonchev–Trinajstić information content (AvgIpc) is 1.93. The molecule has 0 N–H and O–H groups in total. The fourth-order valence-electron chi connectivity index (χ4n) is 0.857. The largest absolute Gasteiger partial charge is 0.377 e. The van der Waals surface area contributed by atoms with Crippen LogP contribution in [0.5, 0.6) is 0 Å². The van der Waals surface area contributed by atoms with Crippen molar-refractivity contribution < 1.29 is 4.74 Å². The van der Waals surface area contributed by atoms with Crippen molar-refractivity contribution in [1.29, 1.82) is 0 Å². The van der Waals surface area contributed by atoms with Gasteiger partial charge in [-0.05, 0) is 17.8 Å². The van der Waals surface area contributed by atoms with Gasteiger partial charge >= 0.3 is 0 Å². The highest BCUT2D eigenvalue weighted by atomic mass is 16.5. The molecule has 0 atom stereocenters. The van der Waals surface area contributed by atoms with E-state index in [2.05, 4.69) is 46.8 Å². The molecule has 0 saturated heterocycles. The van der Waals surface area contributed by atoms with E-state index in [0.717, 1.165) is 19.6 Å². The molecule has 0 aliphatic heterocycles. The summed E-state index contributed by atoms with van der Waals surface area (Å²) in [6.07, 6.45) is 5.41. The highest BCUT2D eigenvalue weighted by Gasteiger charge is 2.08. The number of hydrogen-bond donors (Lipinski definition) is 0. The second kappa shape index (κ2) is 6.20. The predicted molar refractivity (Wildman–Crippen MR) is 58.9 cm³/mol. The van der Waals surface area contributed by atoms with Crippen LogP contribution in [-0.4, -0.2) is 13.2 Å². The smallest absolute Gasteiger partial charge is 0.0647 e. The van der Waals surface area contributed by atoms with Gasteiger partial charge in [0.25, 0.3) is 0 Å². The van der Waals surface area contributed by atoms with E-state index >= 15 is 0 Å². The van der Waals surface area contributed by atoms with Gasteiger partial charge in [-0.2, -0.15) is 0 Å². The van der Waals surface area contributed by atoms with E-state index < -0.39 is 0 Å². The van der Waals surface area contributed by atoms with Gasteiger partial charge in [-0.3, -0.25) is 0 Å². The van der Waals surface area contributed by atoms with Crippen LogP contribution < -0.4 is 0 Å². The third-order valence-electron chi connectivity index (χ3n) is 1.73. The van der Waals surface area contributed by atoms with Gasteiger partial charge in [0.2, 0.25) is 0 Å². The molecule has 13 heavy (non-hydrogen) atoms. The summed E-state index contributed by atoms with van der Waals surface area (Å²) < 4.78 is 5.47. The summed E-state index contributed by atoms with van der Waals surface area (Å²) in [5, 5.41) is 0. The van der Waals surface area contributed by atoms with Crippen LogP contribution in [0.2, 0.25) is 0 Å². The zero-order valence-electron chi connectivity index (χ0n) is 9.76. The van der Waals surface area contributed by atoms with Crippen molar-refractivity contribution in [2.45, 2.75) is 41.0 Å². The lowest BCUT2D eigenvalue weighted by molar-refractivity contribution is 0.131. The van der Waals surface area contributed by atoms with Crippen molar-refractivity contribution in [2.75, 3.05) is 13.2 Å². The van der Waals surface area contributed by atoms with Crippen LogP contribution in [0.25, 0.3) is 0 Å². The van der Waals surface area contributed by atoms with E-state index in [9.17, 15) is 0 Å². The minimum absolute atomic E-state index is 0.391. The molecule has 0 aliphatic rings. The Hall–Kier alpha value is -0.300. The molecule has 1 nitrogen and oxygen atoms in total. The van der Waals surface area contributed by atoms with Gasteiger partial charge in [-0.15, -0.1) is 0 Å². The second-order valence-electron chi connectivity index (χ2n) is 5.06. The SMILES string of the molecule is CC(C)/C=C\COCCC(C)(C)C. The molecule has 0 rings (SSSR count). The van der Waals surface area contributed by atoms with Gasteiger partial charge in [-0.1, -0.05) is 46.8 Å². The van der Waals surface area contributed by atoms with E-state index in [0.29, 0.717) is 11.3 Å². The van der Waals surface area contributed by atoms with E-state index in [4.69, 9.17) is 4.74 Å². The molecule has 1 heteroatoms. The molecule has 0 aromatic heterocycles. The second-order valence-corrected chi connectivity index (χ2v) is 5.06.